The fourth-order valence-corrected chi connectivity index (χ4v) is 3.63. The second kappa shape index (κ2) is 11.3. The van der Waals surface area contributed by atoms with Gasteiger partial charge < -0.3 is 14.8 Å². The lowest BCUT2D eigenvalue weighted by Crippen LogP contribution is -2.52. The Hall–Kier alpha value is -3.35. The number of benzene rings is 2. The van der Waals surface area contributed by atoms with Crippen molar-refractivity contribution in [1.82, 2.24) is 10.2 Å². The summed E-state index contributed by atoms with van der Waals surface area (Å²) in [5, 5.41) is 2.79. The largest absolute Gasteiger partial charge is 0.459 e. The van der Waals surface area contributed by atoms with Crippen molar-refractivity contribution in [3.63, 3.8) is 0 Å². The van der Waals surface area contributed by atoms with Gasteiger partial charge in [0.05, 0.1) is 0 Å². The molecule has 1 aliphatic heterocycles. The van der Waals surface area contributed by atoms with E-state index in [4.69, 9.17) is 9.47 Å². The van der Waals surface area contributed by atoms with Crippen LogP contribution in [-0.2, 0) is 32.3 Å². The van der Waals surface area contributed by atoms with Crippen LogP contribution < -0.4 is 5.32 Å². The molecule has 0 spiro atoms. The zero-order chi connectivity index (χ0) is 22.9. The summed E-state index contributed by atoms with van der Waals surface area (Å²) in [6.45, 7) is 4.41. The molecule has 0 unspecified atom stereocenters. The van der Waals surface area contributed by atoms with Gasteiger partial charge in [0.2, 0.25) is 5.91 Å². The molecule has 2 amide bonds. The number of carbonyl (C=O) groups excluding carboxylic acids is 3. The van der Waals surface area contributed by atoms with Gasteiger partial charge in [0, 0.05) is 6.54 Å². The lowest BCUT2D eigenvalue weighted by molar-refractivity contribution is -0.150. The van der Waals surface area contributed by atoms with Crippen LogP contribution >= 0.6 is 0 Å². The number of carbonyl (C=O) groups is 3. The van der Waals surface area contributed by atoms with Crippen molar-refractivity contribution < 1.29 is 23.9 Å². The third kappa shape index (κ3) is 6.33. The summed E-state index contributed by atoms with van der Waals surface area (Å²) in [6, 6.07) is 17.3. The summed E-state index contributed by atoms with van der Waals surface area (Å²) in [7, 11) is 0. The minimum absolute atomic E-state index is 0.139. The molecule has 2 aromatic carbocycles. The Balaban J connectivity index is 1.56. The normalized spacial score (nSPS) is 16.5. The zero-order valence-corrected chi connectivity index (χ0v) is 18.5. The van der Waals surface area contributed by atoms with Crippen molar-refractivity contribution in [2.45, 2.75) is 52.0 Å². The molecule has 0 saturated carbocycles. The molecule has 1 fully saturated rings. The standard InChI is InChI=1S/C25H30N2O5/c1-18(2)22(24(29)31-16-19-10-5-3-6-11-19)26-23(28)21-14-9-15-27(21)25(30)32-17-20-12-7-4-8-13-20/h3-8,10-13,18,21-22H,9,14-17H2,1-2H3,(H,26,28)/t21-,22-/m0/s1. The maximum Gasteiger partial charge on any atom is 0.410 e. The number of ether oxygens (including phenoxy) is 2. The number of amides is 2. The minimum atomic E-state index is -0.797. The number of likely N-dealkylation sites (tertiary alicyclic amines) is 1. The molecule has 32 heavy (non-hydrogen) atoms. The molecular weight excluding hydrogens is 408 g/mol. The SMILES string of the molecule is CC(C)[C@H](NC(=O)[C@@H]1CCCN1C(=O)OCc1ccccc1)C(=O)OCc1ccccc1. The molecular formula is C25H30N2O5. The van der Waals surface area contributed by atoms with Crippen molar-refractivity contribution in [2.24, 2.45) is 5.92 Å². The Bertz CT molecular complexity index is 901. The summed E-state index contributed by atoms with van der Waals surface area (Å²) in [5.74, 6) is -1.02. The van der Waals surface area contributed by atoms with Crippen LogP contribution in [0.4, 0.5) is 4.79 Å². The van der Waals surface area contributed by atoms with Crippen LogP contribution in [0.15, 0.2) is 60.7 Å². The molecule has 7 nitrogen and oxygen atoms in total. The van der Waals surface area contributed by atoms with E-state index < -0.39 is 24.1 Å². The third-order valence-corrected chi connectivity index (χ3v) is 5.44. The van der Waals surface area contributed by atoms with Crippen LogP contribution in [-0.4, -0.2) is 41.5 Å². The molecule has 2 atom stereocenters. The van der Waals surface area contributed by atoms with Crippen molar-refractivity contribution >= 4 is 18.0 Å². The molecule has 0 radical (unpaired) electrons. The number of hydrogen-bond acceptors (Lipinski definition) is 5. The Morgan fingerprint density at radius 1 is 0.938 bits per heavy atom. The van der Waals surface area contributed by atoms with Crippen molar-refractivity contribution in [3.8, 4) is 0 Å². The molecule has 1 saturated heterocycles. The van der Waals surface area contributed by atoms with Gasteiger partial charge in [0.1, 0.15) is 25.3 Å². The van der Waals surface area contributed by atoms with Crippen LogP contribution in [0, 0.1) is 5.92 Å². The molecule has 1 aliphatic rings. The zero-order valence-electron chi connectivity index (χ0n) is 18.5. The van der Waals surface area contributed by atoms with Gasteiger partial charge in [-0.25, -0.2) is 9.59 Å². The van der Waals surface area contributed by atoms with Crippen LogP contribution in [0.2, 0.25) is 0 Å². The van der Waals surface area contributed by atoms with Crippen LogP contribution in [0.3, 0.4) is 0 Å². The van der Waals surface area contributed by atoms with E-state index in [1.807, 2.05) is 74.5 Å². The Morgan fingerprint density at radius 2 is 1.50 bits per heavy atom. The Morgan fingerprint density at radius 3 is 2.06 bits per heavy atom. The Kier molecular flexibility index (Phi) is 8.25. The third-order valence-electron chi connectivity index (χ3n) is 5.44. The number of rotatable bonds is 8. The lowest BCUT2D eigenvalue weighted by Gasteiger charge is -2.27. The molecule has 0 aromatic heterocycles. The van der Waals surface area contributed by atoms with E-state index in [0.717, 1.165) is 11.1 Å². The van der Waals surface area contributed by atoms with Gasteiger partial charge in [-0.05, 0) is 29.9 Å². The monoisotopic (exact) mass is 438 g/mol. The fraction of sp³-hybridized carbons (Fsp3) is 0.400. The molecule has 3 rings (SSSR count). The molecule has 1 N–H and O–H groups in total. The first-order valence-corrected chi connectivity index (χ1v) is 10.9. The topological polar surface area (TPSA) is 84.9 Å². The van der Waals surface area contributed by atoms with Gasteiger partial charge in [-0.3, -0.25) is 9.69 Å². The van der Waals surface area contributed by atoms with E-state index in [2.05, 4.69) is 5.32 Å². The van der Waals surface area contributed by atoms with E-state index in [1.165, 1.54) is 4.90 Å². The van der Waals surface area contributed by atoms with Gasteiger partial charge in [-0.2, -0.15) is 0 Å². The average Bonchev–Trinajstić information content (AvgIpc) is 3.31. The van der Waals surface area contributed by atoms with Crippen molar-refractivity contribution in [3.05, 3.63) is 71.8 Å². The maximum absolute atomic E-state index is 13.0. The average molecular weight is 439 g/mol. The maximum atomic E-state index is 13.0. The first-order valence-electron chi connectivity index (χ1n) is 10.9. The smallest absolute Gasteiger partial charge is 0.410 e. The van der Waals surface area contributed by atoms with Crippen LogP contribution in [0.25, 0.3) is 0 Å². The van der Waals surface area contributed by atoms with Crippen molar-refractivity contribution in [1.29, 1.82) is 0 Å². The second-order valence-electron chi connectivity index (χ2n) is 8.22. The molecule has 0 bridgehead atoms. The van der Waals surface area contributed by atoms with E-state index in [9.17, 15) is 14.4 Å². The molecule has 2 aromatic rings. The lowest BCUT2D eigenvalue weighted by atomic mass is 10.0. The number of hydrogen-bond donors (Lipinski definition) is 1. The van der Waals surface area contributed by atoms with Gasteiger partial charge in [0.25, 0.3) is 0 Å². The van der Waals surface area contributed by atoms with E-state index in [0.29, 0.717) is 19.4 Å². The number of nitrogens with zero attached hydrogens (tertiary/aromatic N) is 1. The van der Waals surface area contributed by atoms with Gasteiger partial charge in [-0.15, -0.1) is 0 Å². The van der Waals surface area contributed by atoms with Gasteiger partial charge >= 0.3 is 12.1 Å². The van der Waals surface area contributed by atoms with E-state index in [-0.39, 0.29) is 25.0 Å². The quantitative estimate of drug-likeness (QED) is 0.636. The minimum Gasteiger partial charge on any atom is -0.459 e. The highest BCUT2D eigenvalue weighted by molar-refractivity contribution is 5.90. The molecule has 7 heteroatoms. The predicted molar refractivity (Wildman–Crippen MR) is 119 cm³/mol. The van der Waals surface area contributed by atoms with Gasteiger partial charge in [0.15, 0.2) is 0 Å². The highest BCUT2D eigenvalue weighted by Gasteiger charge is 2.37. The summed E-state index contributed by atoms with van der Waals surface area (Å²) in [5.41, 5.74) is 1.75. The van der Waals surface area contributed by atoms with Gasteiger partial charge in [-0.1, -0.05) is 74.5 Å². The summed E-state index contributed by atoms with van der Waals surface area (Å²) in [4.78, 5) is 39.6. The Labute approximate surface area is 188 Å². The molecule has 1 heterocycles. The highest BCUT2D eigenvalue weighted by atomic mass is 16.6. The molecule has 170 valence electrons. The summed E-state index contributed by atoms with van der Waals surface area (Å²) in [6.07, 6.45) is 0.693. The fourth-order valence-electron chi connectivity index (χ4n) is 3.63. The first-order chi connectivity index (χ1) is 15.5. The summed E-state index contributed by atoms with van der Waals surface area (Å²) >= 11 is 0. The van der Waals surface area contributed by atoms with Crippen LogP contribution in [0.5, 0.6) is 0 Å². The first kappa shape index (κ1) is 23.3. The van der Waals surface area contributed by atoms with E-state index in [1.54, 1.807) is 0 Å². The van der Waals surface area contributed by atoms with Crippen LogP contribution in [0.1, 0.15) is 37.8 Å². The highest BCUT2D eigenvalue weighted by Crippen LogP contribution is 2.20. The number of esters is 1. The number of nitrogens with one attached hydrogen (secondary N) is 1. The van der Waals surface area contributed by atoms with Crippen molar-refractivity contribution in [2.75, 3.05) is 6.54 Å². The summed E-state index contributed by atoms with van der Waals surface area (Å²) < 4.78 is 10.8. The second-order valence-corrected chi connectivity index (χ2v) is 8.22. The van der Waals surface area contributed by atoms with E-state index >= 15 is 0 Å². The predicted octanol–water partition coefficient (Wildman–Crippen LogP) is 3.67. The molecule has 0 aliphatic carbocycles.